The highest BCUT2D eigenvalue weighted by Crippen LogP contribution is 2.27. The molecule has 0 amide bonds. The lowest BCUT2D eigenvalue weighted by Gasteiger charge is -2.30. The monoisotopic (exact) mass is 232 g/mol. The standard InChI is InChI=1S/C15H24N2/c1-12-7-9-14(10-8-12)17-15(11-16)13-5-3-2-4-6-13/h7-10,13,15,17H,2-6,11,16H2,1H3. The van der Waals surface area contributed by atoms with Crippen LogP contribution in [0.4, 0.5) is 5.69 Å². The molecule has 3 N–H and O–H groups in total. The van der Waals surface area contributed by atoms with Crippen LogP contribution in [-0.2, 0) is 0 Å². The van der Waals surface area contributed by atoms with E-state index in [1.54, 1.807) is 0 Å². The Morgan fingerprint density at radius 2 is 1.82 bits per heavy atom. The van der Waals surface area contributed by atoms with Crippen molar-refractivity contribution in [3.8, 4) is 0 Å². The Labute approximate surface area is 105 Å². The minimum Gasteiger partial charge on any atom is -0.381 e. The Morgan fingerprint density at radius 3 is 2.41 bits per heavy atom. The van der Waals surface area contributed by atoms with Gasteiger partial charge in [-0.2, -0.15) is 0 Å². The van der Waals surface area contributed by atoms with Gasteiger partial charge in [0.1, 0.15) is 0 Å². The Bertz CT molecular complexity index is 325. The molecule has 17 heavy (non-hydrogen) atoms. The fourth-order valence-electron chi connectivity index (χ4n) is 2.77. The second kappa shape index (κ2) is 6.06. The molecular formula is C15H24N2. The van der Waals surface area contributed by atoms with Crippen LogP contribution in [0.25, 0.3) is 0 Å². The Kier molecular flexibility index (Phi) is 4.43. The van der Waals surface area contributed by atoms with Gasteiger partial charge >= 0.3 is 0 Å². The molecule has 1 aromatic rings. The largest absolute Gasteiger partial charge is 0.381 e. The third-order valence-electron chi connectivity index (χ3n) is 3.88. The van der Waals surface area contributed by atoms with E-state index in [4.69, 9.17) is 5.73 Å². The van der Waals surface area contributed by atoms with Crippen LogP contribution in [0.3, 0.4) is 0 Å². The lowest BCUT2D eigenvalue weighted by atomic mass is 9.84. The molecule has 94 valence electrons. The second-order valence-corrected chi connectivity index (χ2v) is 5.25. The maximum atomic E-state index is 5.92. The maximum absolute atomic E-state index is 5.92. The molecule has 0 saturated heterocycles. The van der Waals surface area contributed by atoms with E-state index in [-0.39, 0.29) is 0 Å². The van der Waals surface area contributed by atoms with E-state index in [1.807, 2.05) is 0 Å². The first-order valence-corrected chi connectivity index (χ1v) is 6.83. The molecule has 0 radical (unpaired) electrons. The van der Waals surface area contributed by atoms with Gasteiger partial charge in [0, 0.05) is 18.3 Å². The molecule has 1 unspecified atom stereocenters. The van der Waals surface area contributed by atoms with Gasteiger partial charge in [-0.25, -0.2) is 0 Å². The molecule has 1 aliphatic carbocycles. The average Bonchev–Trinajstić information content (AvgIpc) is 2.39. The highest BCUT2D eigenvalue weighted by atomic mass is 14.9. The first-order valence-electron chi connectivity index (χ1n) is 6.83. The molecule has 0 heterocycles. The van der Waals surface area contributed by atoms with Crippen LogP contribution in [0.15, 0.2) is 24.3 Å². The average molecular weight is 232 g/mol. The van der Waals surface area contributed by atoms with E-state index in [9.17, 15) is 0 Å². The summed E-state index contributed by atoms with van der Waals surface area (Å²) in [5, 5.41) is 3.60. The third kappa shape index (κ3) is 3.47. The van der Waals surface area contributed by atoms with Gasteiger partial charge < -0.3 is 11.1 Å². The molecule has 1 saturated carbocycles. The van der Waals surface area contributed by atoms with E-state index < -0.39 is 0 Å². The number of rotatable bonds is 4. The number of nitrogens with one attached hydrogen (secondary N) is 1. The summed E-state index contributed by atoms with van der Waals surface area (Å²) in [5.74, 6) is 0.759. The van der Waals surface area contributed by atoms with Gasteiger partial charge in [-0.15, -0.1) is 0 Å². The minimum absolute atomic E-state index is 0.443. The summed E-state index contributed by atoms with van der Waals surface area (Å²) in [7, 11) is 0. The van der Waals surface area contributed by atoms with Crippen molar-refractivity contribution in [2.75, 3.05) is 11.9 Å². The van der Waals surface area contributed by atoms with Gasteiger partial charge in [0.15, 0.2) is 0 Å². The van der Waals surface area contributed by atoms with Gasteiger partial charge in [0.25, 0.3) is 0 Å². The van der Waals surface area contributed by atoms with Gasteiger partial charge in [0.05, 0.1) is 0 Å². The Balaban J connectivity index is 1.96. The summed E-state index contributed by atoms with van der Waals surface area (Å²) in [4.78, 5) is 0. The topological polar surface area (TPSA) is 38.0 Å². The summed E-state index contributed by atoms with van der Waals surface area (Å²) >= 11 is 0. The van der Waals surface area contributed by atoms with Crippen molar-refractivity contribution in [2.24, 2.45) is 11.7 Å². The van der Waals surface area contributed by atoms with E-state index >= 15 is 0 Å². The quantitative estimate of drug-likeness (QED) is 0.835. The molecule has 2 rings (SSSR count). The minimum atomic E-state index is 0.443. The summed E-state index contributed by atoms with van der Waals surface area (Å²) in [6.45, 7) is 2.85. The number of benzene rings is 1. The highest BCUT2D eigenvalue weighted by molar-refractivity contribution is 5.45. The van der Waals surface area contributed by atoms with Gasteiger partial charge in [0.2, 0.25) is 0 Å². The van der Waals surface area contributed by atoms with Crippen LogP contribution >= 0.6 is 0 Å². The molecule has 0 spiro atoms. The number of aryl methyl sites for hydroxylation is 1. The van der Waals surface area contributed by atoms with Crippen molar-refractivity contribution >= 4 is 5.69 Å². The van der Waals surface area contributed by atoms with Gasteiger partial charge in [-0.3, -0.25) is 0 Å². The van der Waals surface area contributed by atoms with Crippen molar-refractivity contribution in [1.82, 2.24) is 0 Å². The van der Waals surface area contributed by atoms with Crippen LogP contribution in [0.2, 0.25) is 0 Å². The maximum Gasteiger partial charge on any atom is 0.0411 e. The fourth-order valence-corrected chi connectivity index (χ4v) is 2.77. The van der Waals surface area contributed by atoms with Crippen molar-refractivity contribution in [1.29, 1.82) is 0 Å². The van der Waals surface area contributed by atoms with Crippen molar-refractivity contribution < 1.29 is 0 Å². The summed E-state index contributed by atoms with van der Waals surface area (Å²) in [6.07, 6.45) is 6.81. The molecule has 1 aromatic carbocycles. The third-order valence-corrected chi connectivity index (χ3v) is 3.88. The van der Waals surface area contributed by atoms with Crippen LogP contribution < -0.4 is 11.1 Å². The molecule has 1 fully saturated rings. The predicted molar refractivity (Wildman–Crippen MR) is 74.2 cm³/mol. The van der Waals surface area contributed by atoms with Crippen molar-refractivity contribution in [3.63, 3.8) is 0 Å². The number of anilines is 1. The molecule has 1 atom stereocenters. The van der Waals surface area contributed by atoms with Crippen molar-refractivity contribution in [3.05, 3.63) is 29.8 Å². The molecule has 1 aliphatic rings. The molecule has 0 aliphatic heterocycles. The van der Waals surface area contributed by atoms with Crippen LogP contribution in [0.5, 0.6) is 0 Å². The fraction of sp³-hybridized carbons (Fsp3) is 0.600. The molecule has 0 bridgehead atoms. The van der Waals surface area contributed by atoms with E-state index in [2.05, 4.69) is 36.5 Å². The number of hydrogen-bond acceptors (Lipinski definition) is 2. The van der Waals surface area contributed by atoms with Crippen LogP contribution in [-0.4, -0.2) is 12.6 Å². The van der Waals surface area contributed by atoms with E-state index in [0.717, 1.165) is 12.5 Å². The lowest BCUT2D eigenvalue weighted by Crippen LogP contribution is -2.37. The number of hydrogen-bond donors (Lipinski definition) is 2. The first-order chi connectivity index (χ1) is 8.29. The van der Waals surface area contributed by atoms with Crippen LogP contribution in [0.1, 0.15) is 37.7 Å². The van der Waals surface area contributed by atoms with Gasteiger partial charge in [-0.1, -0.05) is 37.0 Å². The lowest BCUT2D eigenvalue weighted by molar-refractivity contribution is 0.320. The molecule has 0 aromatic heterocycles. The van der Waals surface area contributed by atoms with E-state index in [0.29, 0.717) is 6.04 Å². The zero-order chi connectivity index (χ0) is 12.1. The SMILES string of the molecule is Cc1ccc(NC(CN)C2CCCCC2)cc1. The Morgan fingerprint density at radius 1 is 1.18 bits per heavy atom. The molecule has 2 nitrogen and oxygen atoms in total. The zero-order valence-electron chi connectivity index (χ0n) is 10.8. The normalized spacial score (nSPS) is 18.9. The summed E-state index contributed by atoms with van der Waals surface area (Å²) in [6, 6.07) is 9.05. The van der Waals surface area contributed by atoms with Crippen molar-refractivity contribution in [2.45, 2.75) is 45.1 Å². The zero-order valence-corrected chi connectivity index (χ0v) is 10.8. The summed E-state index contributed by atoms with van der Waals surface area (Å²) < 4.78 is 0. The second-order valence-electron chi connectivity index (χ2n) is 5.25. The van der Waals surface area contributed by atoms with E-state index in [1.165, 1.54) is 43.4 Å². The smallest absolute Gasteiger partial charge is 0.0411 e. The number of nitrogens with two attached hydrogens (primary N) is 1. The highest BCUT2D eigenvalue weighted by Gasteiger charge is 2.22. The molecular weight excluding hydrogens is 208 g/mol. The Hall–Kier alpha value is -1.02. The molecule has 2 heteroatoms. The predicted octanol–water partition coefficient (Wildman–Crippen LogP) is 3.31. The first kappa shape index (κ1) is 12.4. The van der Waals surface area contributed by atoms with Crippen LogP contribution in [0, 0.1) is 12.8 Å². The summed E-state index contributed by atoms with van der Waals surface area (Å²) in [5.41, 5.74) is 8.43. The van der Waals surface area contributed by atoms with Gasteiger partial charge in [-0.05, 0) is 37.8 Å².